The summed E-state index contributed by atoms with van der Waals surface area (Å²) in [6.45, 7) is 15.0. The minimum Gasteiger partial charge on any atom is -0.380 e. The lowest BCUT2D eigenvalue weighted by molar-refractivity contribution is 0.100. The molecule has 2 heteroatoms. The first-order valence-corrected chi connectivity index (χ1v) is 6.36. The van der Waals surface area contributed by atoms with Gasteiger partial charge in [0.1, 0.15) is 0 Å². The standard InChI is InChI=1S/C13H29NO/c1-7-11(5)12(6)14-13(10(3)4)9-15-8-2/h10-14H,7-9H2,1-6H3. The van der Waals surface area contributed by atoms with Crippen LogP contribution in [0.3, 0.4) is 0 Å². The van der Waals surface area contributed by atoms with Crippen molar-refractivity contribution < 1.29 is 4.74 Å². The first-order valence-electron chi connectivity index (χ1n) is 6.36. The summed E-state index contributed by atoms with van der Waals surface area (Å²) in [5.41, 5.74) is 0. The Morgan fingerprint density at radius 3 is 2.07 bits per heavy atom. The molecule has 0 radical (unpaired) electrons. The van der Waals surface area contributed by atoms with Crippen LogP contribution >= 0.6 is 0 Å². The van der Waals surface area contributed by atoms with Gasteiger partial charge in [-0.2, -0.15) is 0 Å². The Morgan fingerprint density at radius 2 is 1.67 bits per heavy atom. The Kier molecular flexibility index (Phi) is 8.07. The molecule has 0 spiro atoms. The quantitative estimate of drug-likeness (QED) is 0.672. The van der Waals surface area contributed by atoms with Crippen LogP contribution in [0.25, 0.3) is 0 Å². The van der Waals surface area contributed by atoms with E-state index in [1.165, 1.54) is 6.42 Å². The number of hydrogen-bond acceptors (Lipinski definition) is 2. The molecule has 0 heterocycles. The number of rotatable bonds is 8. The minimum absolute atomic E-state index is 0.481. The maximum Gasteiger partial charge on any atom is 0.0622 e. The first-order chi connectivity index (χ1) is 7.02. The monoisotopic (exact) mass is 215 g/mol. The van der Waals surface area contributed by atoms with Crippen molar-refractivity contribution in [2.45, 2.75) is 60.0 Å². The van der Waals surface area contributed by atoms with E-state index in [2.05, 4.69) is 46.9 Å². The lowest BCUT2D eigenvalue weighted by Gasteiger charge is -2.29. The Balaban J connectivity index is 4.03. The van der Waals surface area contributed by atoms with Crippen molar-refractivity contribution in [2.24, 2.45) is 11.8 Å². The fourth-order valence-electron chi connectivity index (χ4n) is 1.53. The smallest absolute Gasteiger partial charge is 0.0622 e. The molecule has 3 unspecified atom stereocenters. The third-order valence-corrected chi connectivity index (χ3v) is 3.28. The van der Waals surface area contributed by atoms with Crippen molar-refractivity contribution in [1.29, 1.82) is 0 Å². The second-order valence-electron chi connectivity index (χ2n) is 4.85. The normalized spacial score (nSPS) is 17.8. The molecule has 15 heavy (non-hydrogen) atoms. The predicted molar refractivity (Wildman–Crippen MR) is 67.2 cm³/mol. The van der Waals surface area contributed by atoms with Gasteiger partial charge in [0.05, 0.1) is 6.61 Å². The van der Waals surface area contributed by atoms with E-state index in [0.29, 0.717) is 18.0 Å². The van der Waals surface area contributed by atoms with Gasteiger partial charge in [0.15, 0.2) is 0 Å². The maximum absolute atomic E-state index is 5.51. The number of ether oxygens (including phenoxy) is 1. The van der Waals surface area contributed by atoms with E-state index >= 15 is 0 Å². The number of hydrogen-bond donors (Lipinski definition) is 1. The highest BCUT2D eigenvalue weighted by Crippen LogP contribution is 2.10. The second-order valence-corrected chi connectivity index (χ2v) is 4.85. The highest BCUT2D eigenvalue weighted by molar-refractivity contribution is 4.76. The molecule has 0 aromatic heterocycles. The van der Waals surface area contributed by atoms with Crippen molar-refractivity contribution in [3.8, 4) is 0 Å². The van der Waals surface area contributed by atoms with E-state index < -0.39 is 0 Å². The van der Waals surface area contributed by atoms with Gasteiger partial charge in [-0.05, 0) is 25.7 Å². The molecule has 0 rings (SSSR count). The molecule has 0 aliphatic carbocycles. The van der Waals surface area contributed by atoms with Gasteiger partial charge in [-0.15, -0.1) is 0 Å². The topological polar surface area (TPSA) is 21.3 Å². The zero-order valence-corrected chi connectivity index (χ0v) is 11.3. The summed E-state index contributed by atoms with van der Waals surface area (Å²) in [7, 11) is 0. The summed E-state index contributed by atoms with van der Waals surface area (Å²) in [5.74, 6) is 1.36. The van der Waals surface area contributed by atoms with Crippen molar-refractivity contribution in [2.75, 3.05) is 13.2 Å². The predicted octanol–water partition coefficient (Wildman–Crippen LogP) is 3.07. The van der Waals surface area contributed by atoms with Crippen LogP contribution in [0.1, 0.15) is 48.0 Å². The zero-order valence-electron chi connectivity index (χ0n) is 11.3. The summed E-state index contributed by atoms with van der Waals surface area (Å²) in [4.78, 5) is 0. The second kappa shape index (κ2) is 8.12. The van der Waals surface area contributed by atoms with E-state index in [9.17, 15) is 0 Å². The van der Waals surface area contributed by atoms with Gasteiger partial charge in [0.2, 0.25) is 0 Å². The van der Waals surface area contributed by atoms with E-state index in [0.717, 1.165) is 19.1 Å². The van der Waals surface area contributed by atoms with E-state index in [1.54, 1.807) is 0 Å². The van der Waals surface area contributed by atoms with Gasteiger partial charge in [0.25, 0.3) is 0 Å². The molecule has 2 nitrogen and oxygen atoms in total. The molecule has 0 aliphatic heterocycles. The molecular weight excluding hydrogens is 186 g/mol. The fraction of sp³-hybridized carbons (Fsp3) is 1.00. The van der Waals surface area contributed by atoms with Crippen LogP contribution in [-0.4, -0.2) is 25.3 Å². The highest BCUT2D eigenvalue weighted by Gasteiger charge is 2.18. The molecule has 92 valence electrons. The summed E-state index contributed by atoms with van der Waals surface area (Å²) >= 11 is 0. The molecule has 0 saturated heterocycles. The molecule has 0 aromatic rings. The lowest BCUT2D eigenvalue weighted by Crippen LogP contribution is -2.45. The van der Waals surface area contributed by atoms with Gasteiger partial charge < -0.3 is 10.1 Å². The Labute approximate surface area is 95.8 Å². The van der Waals surface area contributed by atoms with Gasteiger partial charge in [-0.3, -0.25) is 0 Å². The maximum atomic E-state index is 5.51. The van der Waals surface area contributed by atoms with Crippen LogP contribution < -0.4 is 5.32 Å². The molecule has 1 N–H and O–H groups in total. The van der Waals surface area contributed by atoms with Crippen LogP contribution in [0, 0.1) is 11.8 Å². The average molecular weight is 215 g/mol. The van der Waals surface area contributed by atoms with E-state index in [1.807, 2.05) is 0 Å². The van der Waals surface area contributed by atoms with Crippen LogP contribution in [0.5, 0.6) is 0 Å². The highest BCUT2D eigenvalue weighted by atomic mass is 16.5. The molecule has 3 atom stereocenters. The summed E-state index contributed by atoms with van der Waals surface area (Å²) in [6, 6.07) is 1.05. The third-order valence-electron chi connectivity index (χ3n) is 3.28. The van der Waals surface area contributed by atoms with Gasteiger partial charge in [-0.25, -0.2) is 0 Å². The largest absolute Gasteiger partial charge is 0.380 e. The Hall–Kier alpha value is -0.0800. The third kappa shape index (κ3) is 6.16. The summed E-state index contributed by atoms with van der Waals surface area (Å²) < 4.78 is 5.51. The zero-order chi connectivity index (χ0) is 11.8. The van der Waals surface area contributed by atoms with Gasteiger partial charge >= 0.3 is 0 Å². The number of nitrogens with one attached hydrogen (secondary N) is 1. The molecular formula is C13H29NO. The van der Waals surface area contributed by atoms with Crippen molar-refractivity contribution in [3.05, 3.63) is 0 Å². The molecule has 0 bridgehead atoms. The molecule has 0 saturated carbocycles. The lowest BCUT2D eigenvalue weighted by atomic mass is 9.97. The average Bonchev–Trinajstić information content (AvgIpc) is 2.22. The fourth-order valence-corrected chi connectivity index (χ4v) is 1.53. The summed E-state index contributed by atoms with van der Waals surface area (Å²) in [5, 5.41) is 3.68. The van der Waals surface area contributed by atoms with E-state index in [4.69, 9.17) is 4.74 Å². The molecule has 0 aliphatic rings. The van der Waals surface area contributed by atoms with Crippen molar-refractivity contribution in [3.63, 3.8) is 0 Å². The Morgan fingerprint density at radius 1 is 1.07 bits per heavy atom. The van der Waals surface area contributed by atoms with Gasteiger partial charge in [-0.1, -0.05) is 34.1 Å². The van der Waals surface area contributed by atoms with Crippen molar-refractivity contribution >= 4 is 0 Å². The first kappa shape index (κ1) is 14.9. The van der Waals surface area contributed by atoms with Gasteiger partial charge in [0, 0.05) is 18.7 Å². The van der Waals surface area contributed by atoms with Crippen LogP contribution in [-0.2, 0) is 4.74 Å². The summed E-state index contributed by atoms with van der Waals surface area (Å²) in [6.07, 6.45) is 1.23. The van der Waals surface area contributed by atoms with Crippen LogP contribution in [0.15, 0.2) is 0 Å². The molecule has 0 amide bonds. The van der Waals surface area contributed by atoms with E-state index in [-0.39, 0.29) is 0 Å². The van der Waals surface area contributed by atoms with Crippen LogP contribution in [0.4, 0.5) is 0 Å². The van der Waals surface area contributed by atoms with Crippen LogP contribution in [0.2, 0.25) is 0 Å². The van der Waals surface area contributed by atoms with Crippen molar-refractivity contribution in [1.82, 2.24) is 5.32 Å². The SMILES string of the molecule is CCOCC(NC(C)C(C)CC)C(C)C. The Bertz CT molecular complexity index is 147. The molecule has 0 fully saturated rings. The minimum atomic E-state index is 0.481. The molecule has 0 aromatic carbocycles.